The number of carbonyl (C=O) groups is 1. The van der Waals surface area contributed by atoms with Crippen molar-refractivity contribution in [2.75, 3.05) is 26.2 Å². The smallest absolute Gasteiger partial charge is 0.227 e. The van der Waals surface area contributed by atoms with Crippen molar-refractivity contribution in [2.24, 2.45) is 23.6 Å². The fourth-order valence-electron chi connectivity index (χ4n) is 2.63. The number of nitrogens with zero attached hydrogens (tertiary/aromatic N) is 2. The molecule has 2 aliphatic heterocycles. The van der Waals surface area contributed by atoms with Gasteiger partial charge in [0.05, 0.1) is 5.92 Å². The molecule has 0 aromatic carbocycles. The Hall–Kier alpha value is -0.610. The zero-order valence-electron chi connectivity index (χ0n) is 10.4. The van der Waals surface area contributed by atoms with Crippen molar-refractivity contribution in [1.82, 2.24) is 9.91 Å². The second-order valence-corrected chi connectivity index (χ2v) is 5.57. The van der Waals surface area contributed by atoms with Crippen LogP contribution < -0.4 is 5.84 Å². The van der Waals surface area contributed by atoms with E-state index in [2.05, 4.69) is 13.8 Å². The minimum absolute atomic E-state index is 0.131. The summed E-state index contributed by atoms with van der Waals surface area (Å²) >= 11 is 0. The van der Waals surface area contributed by atoms with E-state index in [1.54, 1.807) is 0 Å². The van der Waals surface area contributed by atoms with Crippen LogP contribution in [0.15, 0.2) is 0 Å². The van der Waals surface area contributed by atoms with Gasteiger partial charge in [0.1, 0.15) is 0 Å². The molecule has 0 radical (unpaired) electrons. The molecule has 2 atom stereocenters. The van der Waals surface area contributed by atoms with Crippen molar-refractivity contribution in [2.45, 2.75) is 26.7 Å². The first-order valence-electron chi connectivity index (χ1n) is 6.36. The zero-order chi connectivity index (χ0) is 11.7. The van der Waals surface area contributed by atoms with Crippen LogP contribution in [0.3, 0.4) is 0 Å². The first-order valence-corrected chi connectivity index (χ1v) is 6.36. The molecule has 4 heteroatoms. The Bertz CT molecular complexity index is 263. The molecule has 0 saturated carbocycles. The molecule has 0 bridgehead atoms. The van der Waals surface area contributed by atoms with Gasteiger partial charge in [-0.05, 0) is 24.7 Å². The van der Waals surface area contributed by atoms with Gasteiger partial charge in [-0.25, -0.2) is 5.01 Å². The van der Waals surface area contributed by atoms with Crippen LogP contribution in [-0.4, -0.2) is 42.0 Å². The lowest BCUT2D eigenvalue weighted by Crippen LogP contribution is -2.53. The van der Waals surface area contributed by atoms with Crippen molar-refractivity contribution in [3.63, 3.8) is 0 Å². The molecule has 16 heavy (non-hydrogen) atoms. The molecule has 1 amide bonds. The predicted molar refractivity (Wildman–Crippen MR) is 63.4 cm³/mol. The highest BCUT2D eigenvalue weighted by Crippen LogP contribution is 2.28. The van der Waals surface area contributed by atoms with Crippen molar-refractivity contribution >= 4 is 5.91 Å². The first-order chi connectivity index (χ1) is 7.58. The Morgan fingerprint density at radius 1 is 1.31 bits per heavy atom. The second kappa shape index (κ2) is 4.72. The summed E-state index contributed by atoms with van der Waals surface area (Å²) in [6, 6.07) is 0. The van der Waals surface area contributed by atoms with Gasteiger partial charge in [0.15, 0.2) is 0 Å². The van der Waals surface area contributed by atoms with E-state index in [0.29, 0.717) is 17.7 Å². The molecule has 2 aliphatic rings. The summed E-state index contributed by atoms with van der Waals surface area (Å²) in [4.78, 5) is 14.1. The third kappa shape index (κ3) is 2.38. The molecule has 0 aromatic rings. The van der Waals surface area contributed by atoms with Crippen LogP contribution in [0.1, 0.15) is 26.7 Å². The van der Waals surface area contributed by atoms with E-state index in [1.165, 1.54) is 6.42 Å². The highest BCUT2D eigenvalue weighted by molar-refractivity contribution is 5.79. The summed E-state index contributed by atoms with van der Waals surface area (Å²) in [5.41, 5.74) is 0. The van der Waals surface area contributed by atoms with Gasteiger partial charge >= 0.3 is 0 Å². The Kier molecular flexibility index (Phi) is 3.50. The quantitative estimate of drug-likeness (QED) is 0.703. The van der Waals surface area contributed by atoms with Gasteiger partial charge in [-0.2, -0.15) is 0 Å². The van der Waals surface area contributed by atoms with Gasteiger partial charge in [0.25, 0.3) is 0 Å². The maximum atomic E-state index is 12.1. The zero-order valence-corrected chi connectivity index (χ0v) is 10.4. The topological polar surface area (TPSA) is 49.6 Å². The molecule has 2 saturated heterocycles. The molecule has 2 heterocycles. The van der Waals surface area contributed by atoms with E-state index in [4.69, 9.17) is 5.84 Å². The maximum absolute atomic E-state index is 12.1. The Morgan fingerprint density at radius 3 is 2.50 bits per heavy atom. The molecular formula is C12H23N3O. The average Bonchev–Trinajstić information content (AvgIpc) is 2.13. The number of likely N-dealkylation sites (tertiary alicyclic amines) is 1. The third-order valence-electron chi connectivity index (χ3n) is 3.97. The number of hydrogen-bond donors (Lipinski definition) is 1. The number of nitrogens with two attached hydrogens (primary N) is 1. The number of hydrogen-bond acceptors (Lipinski definition) is 3. The molecule has 0 aliphatic carbocycles. The molecule has 2 fully saturated rings. The molecule has 2 N–H and O–H groups in total. The number of amides is 1. The molecule has 0 aromatic heterocycles. The van der Waals surface area contributed by atoms with E-state index in [1.807, 2.05) is 9.91 Å². The maximum Gasteiger partial charge on any atom is 0.227 e. The monoisotopic (exact) mass is 225 g/mol. The third-order valence-corrected chi connectivity index (χ3v) is 3.97. The highest BCUT2D eigenvalue weighted by atomic mass is 16.2. The number of carbonyl (C=O) groups excluding carboxylic acids is 1. The lowest BCUT2D eigenvalue weighted by Gasteiger charge is -2.40. The van der Waals surface area contributed by atoms with Gasteiger partial charge in [-0.1, -0.05) is 13.8 Å². The van der Waals surface area contributed by atoms with Gasteiger partial charge in [0, 0.05) is 26.2 Å². The Balaban J connectivity index is 1.95. The van der Waals surface area contributed by atoms with Crippen LogP contribution in [0.5, 0.6) is 0 Å². The van der Waals surface area contributed by atoms with Crippen molar-refractivity contribution < 1.29 is 4.79 Å². The minimum Gasteiger partial charge on any atom is -0.342 e. The number of rotatable bonds is 2. The summed E-state index contributed by atoms with van der Waals surface area (Å²) in [7, 11) is 0. The number of piperidine rings is 1. The SMILES string of the molecule is CC(C)[C@H]1C[C@H](C(=O)N2CCC2)CN(N)C1. The summed E-state index contributed by atoms with van der Waals surface area (Å²) in [6.07, 6.45) is 2.18. The van der Waals surface area contributed by atoms with E-state index in [0.717, 1.165) is 32.6 Å². The van der Waals surface area contributed by atoms with E-state index in [9.17, 15) is 4.79 Å². The second-order valence-electron chi connectivity index (χ2n) is 5.57. The van der Waals surface area contributed by atoms with Crippen LogP contribution in [0.4, 0.5) is 0 Å². The largest absolute Gasteiger partial charge is 0.342 e. The van der Waals surface area contributed by atoms with Gasteiger partial charge in [-0.3, -0.25) is 10.6 Å². The normalized spacial score (nSPS) is 31.6. The average molecular weight is 225 g/mol. The fourth-order valence-corrected chi connectivity index (χ4v) is 2.63. The predicted octanol–water partition coefficient (Wildman–Crippen LogP) is 0.687. The summed E-state index contributed by atoms with van der Waals surface area (Å²) in [6.45, 7) is 8.00. The lowest BCUT2D eigenvalue weighted by atomic mass is 9.82. The van der Waals surface area contributed by atoms with Crippen molar-refractivity contribution in [1.29, 1.82) is 0 Å². The lowest BCUT2D eigenvalue weighted by molar-refractivity contribution is -0.142. The molecule has 0 unspecified atom stereocenters. The minimum atomic E-state index is 0.131. The molecule has 4 nitrogen and oxygen atoms in total. The highest BCUT2D eigenvalue weighted by Gasteiger charge is 2.35. The van der Waals surface area contributed by atoms with E-state index < -0.39 is 0 Å². The van der Waals surface area contributed by atoms with Crippen LogP contribution in [0.25, 0.3) is 0 Å². The van der Waals surface area contributed by atoms with Crippen LogP contribution >= 0.6 is 0 Å². The van der Waals surface area contributed by atoms with Gasteiger partial charge in [-0.15, -0.1) is 0 Å². The molecular weight excluding hydrogens is 202 g/mol. The first kappa shape index (κ1) is 11.9. The Labute approximate surface area is 97.7 Å². The molecule has 0 spiro atoms. The standard InChI is InChI=1S/C12H23N3O/c1-9(2)10-6-11(8-15(13)7-10)12(16)14-4-3-5-14/h9-11H,3-8,13H2,1-2H3/t10-,11-/m0/s1. The molecule has 2 rings (SSSR count). The van der Waals surface area contributed by atoms with E-state index in [-0.39, 0.29) is 5.92 Å². The van der Waals surface area contributed by atoms with Crippen molar-refractivity contribution in [3.8, 4) is 0 Å². The number of hydrazine groups is 1. The van der Waals surface area contributed by atoms with Crippen molar-refractivity contribution in [3.05, 3.63) is 0 Å². The summed E-state index contributed by atoms with van der Waals surface area (Å²) in [5.74, 6) is 7.54. The van der Waals surface area contributed by atoms with Crippen LogP contribution in [0.2, 0.25) is 0 Å². The Morgan fingerprint density at radius 2 is 2.00 bits per heavy atom. The van der Waals surface area contributed by atoms with Gasteiger partial charge < -0.3 is 4.90 Å². The van der Waals surface area contributed by atoms with Crippen LogP contribution in [0, 0.1) is 17.8 Å². The summed E-state index contributed by atoms with van der Waals surface area (Å²) < 4.78 is 0. The summed E-state index contributed by atoms with van der Waals surface area (Å²) in [5, 5.41) is 1.83. The van der Waals surface area contributed by atoms with E-state index >= 15 is 0 Å². The van der Waals surface area contributed by atoms with Gasteiger partial charge in [0.2, 0.25) is 5.91 Å². The molecule has 92 valence electrons. The fraction of sp³-hybridized carbons (Fsp3) is 0.917. The van der Waals surface area contributed by atoms with Crippen LogP contribution in [-0.2, 0) is 4.79 Å².